The van der Waals surface area contributed by atoms with Gasteiger partial charge in [0.25, 0.3) is 0 Å². The van der Waals surface area contributed by atoms with Crippen molar-refractivity contribution in [3.8, 4) is 39.7 Å². The van der Waals surface area contributed by atoms with Gasteiger partial charge < -0.3 is 9.72 Å². The van der Waals surface area contributed by atoms with Gasteiger partial charge in [0, 0.05) is 16.7 Å². The highest BCUT2D eigenvalue weighted by atomic mass is 19.1. The molecular weight excluding hydrogens is 346 g/mol. The number of nitrogens with zero attached hydrogens (tertiary/aromatic N) is 1. The van der Waals surface area contributed by atoms with E-state index in [4.69, 9.17) is 9.72 Å². The first-order valence-corrected chi connectivity index (χ1v) is 8.40. The molecule has 134 valence electrons. The van der Waals surface area contributed by atoms with Crippen molar-refractivity contribution in [1.82, 2.24) is 9.97 Å². The van der Waals surface area contributed by atoms with E-state index >= 15 is 0 Å². The third-order valence-electron chi connectivity index (χ3n) is 4.30. The number of halogens is 2. The molecule has 0 aliphatic heterocycles. The van der Waals surface area contributed by atoms with Gasteiger partial charge in [0.2, 0.25) is 0 Å². The van der Waals surface area contributed by atoms with Gasteiger partial charge in [-0.15, -0.1) is 0 Å². The summed E-state index contributed by atoms with van der Waals surface area (Å²) in [6, 6.07) is 19.8. The van der Waals surface area contributed by atoms with Crippen molar-refractivity contribution in [3.05, 3.63) is 84.4 Å². The second kappa shape index (κ2) is 7.03. The second-order valence-electron chi connectivity index (χ2n) is 6.05. The number of aromatic nitrogens is 2. The smallest absolute Gasteiger partial charge is 0.138 e. The van der Waals surface area contributed by atoms with Crippen molar-refractivity contribution in [1.29, 1.82) is 0 Å². The Morgan fingerprint density at radius 1 is 0.778 bits per heavy atom. The number of nitrogens with one attached hydrogen (secondary N) is 1. The van der Waals surface area contributed by atoms with E-state index in [1.807, 2.05) is 24.3 Å². The molecule has 0 atom stereocenters. The van der Waals surface area contributed by atoms with Crippen LogP contribution in [-0.2, 0) is 0 Å². The number of rotatable bonds is 4. The average Bonchev–Trinajstić information content (AvgIpc) is 3.14. The summed E-state index contributed by atoms with van der Waals surface area (Å²) in [6.07, 6.45) is 0. The predicted octanol–water partition coefficient (Wildman–Crippen LogP) is 5.70. The van der Waals surface area contributed by atoms with Crippen LogP contribution in [0.25, 0.3) is 33.9 Å². The van der Waals surface area contributed by atoms with Crippen LogP contribution in [0.1, 0.15) is 0 Å². The zero-order chi connectivity index (χ0) is 18.8. The van der Waals surface area contributed by atoms with Gasteiger partial charge >= 0.3 is 0 Å². The SMILES string of the molecule is COc1cccc(-c2nc(-c3ccc(F)cc3)c(-c3ccc(F)cc3)[nH]2)c1. The van der Waals surface area contributed by atoms with Crippen molar-refractivity contribution >= 4 is 0 Å². The van der Waals surface area contributed by atoms with E-state index in [2.05, 4.69) is 4.98 Å². The zero-order valence-electron chi connectivity index (χ0n) is 14.5. The van der Waals surface area contributed by atoms with Crippen molar-refractivity contribution in [3.63, 3.8) is 0 Å². The van der Waals surface area contributed by atoms with Crippen molar-refractivity contribution < 1.29 is 13.5 Å². The van der Waals surface area contributed by atoms with Gasteiger partial charge in [-0.25, -0.2) is 13.8 Å². The maximum Gasteiger partial charge on any atom is 0.138 e. The fraction of sp³-hybridized carbons (Fsp3) is 0.0455. The molecule has 0 spiro atoms. The Kier molecular flexibility index (Phi) is 4.42. The molecule has 0 amide bonds. The quantitative estimate of drug-likeness (QED) is 0.506. The van der Waals surface area contributed by atoms with E-state index < -0.39 is 0 Å². The Balaban J connectivity index is 1.88. The molecule has 1 heterocycles. The molecule has 0 unspecified atom stereocenters. The van der Waals surface area contributed by atoms with Crippen LogP contribution < -0.4 is 4.74 Å². The molecule has 0 saturated carbocycles. The first-order valence-electron chi connectivity index (χ1n) is 8.40. The normalized spacial score (nSPS) is 10.8. The summed E-state index contributed by atoms with van der Waals surface area (Å²) in [6.45, 7) is 0. The van der Waals surface area contributed by atoms with Crippen LogP contribution in [0.2, 0.25) is 0 Å². The molecule has 0 aliphatic carbocycles. The van der Waals surface area contributed by atoms with Crippen LogP contribution in [0, 0.1) is 11.6 Å². The molecule has 4 rings (SSSR count). The van der Waals surface area contributed by atoms with Gasteiger partial charge in [0.15, 0.2) is 0 Å². The van der Waals surface area contributed by atoms with Crippen LogP contribution in [0.15, 0.2) is 72.8 Å². The third kappa shape index (κ3) is 3.44. The van der Waals surface area contributed by atoms with Crippen molar-refractivity contribution in [2.45, 2.75) is 0 Å². The number of ether oxygens (including phenoxy) is 1. The highest BCUT2D eigenvalue weighted by molar-refractivity contribution is 5.81. The summed E-state index contributed by atoms with van der Waals surface area (Å²) in [5.41, 5.74) is 3.81. The molecule has 0 saturated heterocycles. The van der Waals surface area contributed by atoms with Crippen LogP contribution in [0.3, 0.4) is 0 Å². The molecule has 0 radical (unpaired) electrons. The molecular formula is C22H16F2N2O. The first-order chi connectivity index (χ1) is 13.1. The summed E-state index contributed by atoms with van der Waals surface area (Å²) >= 11 is 0. The molecule has 0 bridgehead atoms. The topological polar surface area (TPSA) is 37.9 Å². The molecule has 3 aromatic carbocycles. The van der Waals surface area contributed by atoms with Crippen LogP contribution in [-0.4, -0.2) is 17.1 Å². The summed E-state index contributed by atoms with van der Waals surface area (Å²) in [4.78, 5) is 8.04. The molecule has 27 heavy (non-hydrogen) atoms. The van der Waals surface area contributed by atoms with Gasteiger partial charge in [-0.2, -0.15) is 0 Å². The van der Waals surface area contributed by atoms with Gasteiger partial charge in [-0.3, -0.25) is 0 Å². The van der Waals surface area contributed by atoms with Crippen molar-refractivity contribution in [2.75, 3.05) is 7.11 Å². The number of hydrogen-bond donors (Lipinski definition) is 1. The van der Waals surface area contributed by atoms with E-state index in [9.17, 15) is 8.78 Å². The number of benzene rings is 3. The Labute approximate surface area is 155 Å². The fourth-order valence-corrected chi connectivity index (χ4v) is 2.92. The summed E-state index contributed by atoms with van der Waals surface area (Å²) in [5.74, 6) is 0.739. The number of hydrogen-bond acceptors (Lipinski definition) is 2. The van der Waals surface area contributed by atoms with E-state index in [1.165, 1.54) is 24.3 Å². The standard InChI is InChI=1S/C22H16F2N2O/c1-27-19-4-2-3-16(13-19)22-25-20(14-5-9-17(23)10-6-14)21(26-22)15-7-11-18(24)12-8-15/h2-13H,1H3,(H,25,26). The minimum absolute atomic E-state index is 0.311. The van der Waals surface area contributed by atoms with Gasteiger partial charge in [0.1, 0.15) is 23.2 Å². The summed E-state index contributed by atoms with van der Waals surface area (Å²) in [5, 5.41) is 0. The molecule has 3 nitrogen and oxygen atoms in total. The van der Waals surface area contributed by atoms with Crippen LogP contribution in [0.5, 0.6) is 5.75 Å². The highest BCUT2D eigenvalue weighted by Crippen LogP contribution is 2.33. The lowest BCUT2D eigenvalue weighted by molar-refractivity contribution is 0.415. The van der Waals surface area contributed by atoms with E-state index in [0.717, 1.165) is 28.1 Å². The lowest BCUT2D eigenvalue weighted by Gasteiger charge is -2.03. The van der Waals surface area contributed by atoms with Gasteiger partial charge in [-0.1, -0.05) is 12.1 Å². The maximum absolute atomic E-state index is 13.3. The Morgan fingerprint density at radius 2 is 1.41 bits per heavy atom. The third-order valence-corrected chi connectivity index (χ3v) is 4.30. The number of methoxy groups -OCH3 is 1. The van der Waals surface area contributed by atoms with E-state index in [1.54, 1.807) is 31.4 Å². The molecule has 0 fully saturated rings. The summed E-state index contributed by atoms with van der Waals surface area (Å²) in [7, 11) is 1.61. The van der Waals surface area contributed by atoms with Gasteiger partial charge in [-0.05, 0) is 60.7 Å². The second-order valence-corrected chi connectivity index (χ2v) is 6.05. The Bertz CT molecular complexity index is 1010. The van der Waals surface area contributed by atoms with Gasteiger partial charge in [0.05, 0.1) is 18.5 Å². The Hall–Kier alpha value is -3.47. The Morgan fingerprint density at radius 3 is 2.04 bits per heavy atom. The lowest BCUT2D eigenvalue weighted by Crippen LogP contribution is -1.85. The highest BCUT2D eigenvalue weighted by Gasteiger charge is 2.16. The van der Waals surface area contributed by atoms with Crippen molar-refractivity contribution in [2.24, 2.45) is 0 Å². The minimum Gasteiger partial charge on any atom is -0.497 e. The zero-order valence-corrected chi connectivity index (χ0v) is 14.5. The number of imidazole rings is 1. The van der Waals surface area contributed by atoms with Crippen LogP contribution >= 0.6 is 0 Å². The monoisotopic (exact) mass is 362 g/mol. The fourth-order valence-electron chi connectivity index (χ4n) is 2.92. The first kappa shape index (κ1) is 17.0. The number of H-pyrrole nitrogens is 1. The van der Waals surface area contributed by atoms with Crippen LogP contribution in [0.4, 0.5) is 8.78 Å². The maximum atomic E-state index is 13.3. The molecule has 1 N–H and O–H groups in total. The molecule has 1 aromatic heterocycles. The molecule has 4 aromatic rings. The summed E-state index contributed by atoms with van der Waals surface area (Å²) < 4.78 is 32.0. The average molecular weight is 362 g/mol. The molecule has 0 aliphatic rings. The minimum atomic E-state index is -0.314. The van der Waals surface area contributed by atoms with E-state index in [0.29, 0.717) is 11.5 Å². The number of aromatic amines is 1. The lowest BCUT2D eigenvalue weighted by atomic mass is 10.1. The largest absolute Gasteiger partial charge is 0.497 e. The predicted molar refractivity (Wildman–Crippen MR) is 101 cm³/mol. The molecule has 5 heteroatoms. The van der Waals surface area contributed by atoms with E-state index in [-0.39, 0.29) is 11.6 Å².